The number of carbonyl (C=O) groups is 1. The Balaban J connectivity index is 2.27. The zero-order chi connectivity index (χ0) is 18.0. The summed E-state index contributed by atoms with van der Waals surface area (Å²) in [5, 5.41) is 10.4. The first-order valence-electron chi connectivity index (χ1n) is 8.38. The third kappa shape index (κ3) is 3.33. The molecule has 0 bridgehead atoms. The Kier molecular flexibility index (Phi) is 4.70. The maximum absolute atomic E-state index is 11.8. The maximum Gasteiger partial charge on any atom is 0.336 e. The Morgan fingerprint density at radius 2 is 1.92 bits per heavy atom. The molecule has 2 aromatic carbocycles. The van der Waals surface area contributed by atoms with Crippen molar-refractivity contribution in [2.75, 3.05) is 6.61 Å². The summed E-state index contributed by atoms with van der Waals surface area (Å²) in [6.07, 6.45) is 0.901. The van der Waals surface area contributed by atoms with Crippen molar-refractivity contribution in [3.63, 3.8) is 0 Å². The quantitative estimate of drug-likeness (QED) is 0.712. The van der Waals surface area contributed by atoms with Crippen LogP contribution in [0.4, 0.5) is 0 Å². The number of aryl methyl sites for hydroxylation is 2. The monoisotopic (exact) mass is 335 g/mol. The van der Waals surface area contributed by atoms with Crippen LogP contribution in [0.3, 0.4) is 0 Å². The summed E-state index contributed by atoms with van der Waals surface area (Å²) in [7, 11) is 0. The molecule has 3 aromatic rings. The molecular formula is C21H21NO3. The lowest BCUT2D eigenvalue weighted by Gasteiger charge is -2.13. The molecule has 0 radical (unpaired) electrons. The highest BCUT2D eigenvalue weighted by atomic mass is 16.5. The molecule has 4 nitrogen and oxygen atoms in total. The predicted molar refractivity (Wildman–Crippen MR) is 99.4 cm³/mol. The molecule has 0 amide bonds. The molecule has 1 N–H and O–H groups in total. The second kappa shape index (κ2) is 6.93. The van der Waals surface area contributed by atoms with Gasteiger partial charge in [0.05, 0.1) is 23.4 Å². The van der Waals surface area contributed by atoms with Gasteiger partial charge in [0.15, 0.2) is 0 Å². The van der Waals surface area contributed by atoms with E-state index in [9.17, 15) is 9.90 Å². The van der Waals surface area contributed by atoms with Gasteiger partial charge in [-0.3, -0.25) is 0 Å². The Hall–Kier alpha value is -2.88. The molecule has 25 heavy (non-hydrogen) atoms. The van der Waals surface area contributed by atoms with E-state index in [1.165, 1.54) is 0 Å². The van der Waals surface area contributed by atoms with E-state index in [4.69, 9.17) is 9.72 Å². The molecule has 0 saturated carbocycles. The van der Waals surface area contributed by atoms with Gasteiger partial charge in [-0.2, -0.15) is 0 Å². The van der Waals surface area contributed by atoms with Crippen LogP contribution in [0.15, 0.2) is 42.5 Å². The number of hydrogen-bond acceptors (Lipinski definition) is 3. The zero-order valence-corrected chi connectivity index (χ0v) is 14.7. The molecule has 0 spiro atoms. The summed E-state index contributed by atoms with van der Waals surface area (Å²) < 4.78 is 5.82. The molecule has 4 heteroatoms. The van der Waals surface area contributed by atoms with E-state index in [0.717, 1.165) is 28.9 Å². The molecule has 0 atom stereocenters. The summed E-state index contributed by atoms with van der Waals surface area (Å²) in [5.74, 6) is -0.233. The summed E-state index contributed by atoms with van der Waals surface area (Å²) in [6, 6.07) is 13.1. The van der Waals surface area contributed by atoms with Gasteiger partial charge in [-0.05, 0) is 50.1 Å². The SMILES string of the molecule is CCCOc1ccccc1-c1cc(C(=O)O)c2cc(C)cc(C)c2n1. The van der Waals surface area contributed by atoms with Crippen LogP contribution in [0, 0.1) is 13.8 Å². The van der Waals surface area contributed by atoms with Crippen molar-refractivity contribution in [1.82, 2.24) is 4.98 Å². The largest absolute Gasteiger partial charge is 0.493 e. The number of benzene rings is 2. The molecule has 0 aliphatic carbocycles. The highest BCUT2D eigenvalue weighted by molar-refractivity contribution is 6.04. The van der Waals surface area contributed by atoms with Gasteiger partial charge in [-0.1, -0.05) is 30.7 Å². The third-order valence-corrected chi connectivity index (χ3v) is 4.10. The predicted octanol–water partition coefficient (Wildman–Crippen LogP) is 5.01. The number of aromatic nitrogens is 1. The fourth-order valence-corrected chi connectivity index (χ4v) is 3.01. The lowest BCUT2D eigenvalue weighted by Crippen LogP contribution is -2.03. The summed E-state index contributed by atoms with van der Waals surface area (Å²) in [6.45, 7) is 6.57. The number of pyridine rings is 1. The van der Waals surface area contributed by atoms with E-state index in [1.54, 1.807) is 6.07 Å². The van der Waals surface area contributed by atoms with Gasteiger partial charge in [0.2, 0.25) is 0 Å². The molecule has 128 valence electrons. The van der Waals surface area contributed by atoms with Gasteiger partial charge in [-0.15, -0.1) is 0 Å². The third-order valence-electron chi connectivity index (χ3n) is 4.10. The first-order valence-corrected chi connectivity index (χ1v) is 8.38. The van der Waals surface area contributed by atoms with Crippen LogP contribution in [0.5, 0.6) is 5.75 Å². The molecule has 0 saturated heterocycles. The van der Waals surface area contributed by atoms with Crippen molar-refractivity contribution >= 4 is 16.9 Å². The van der Waals surface area contributed by atoms with E-state index >= 15 is 0 Å². The van der Waals surface area contributed by atoms with Crippen LogP contribution in [-0.4, -0.2) is 22.7 Å². The Morgan fingerprint density at radius 1 is 1.16 bits per heavy atom. The normalized spacial score (nSPS) is 10.8. The molecule has 0 fully saturated rings. The number of ether oxygens (including phenoxy) is 1. The standard InChI is InChI=1S/C21H21NO3/c1-4-9-25-19-8-6-5-7-15(19)18-12-17(21(23)24)16-11-13(2)10-14(3)20(16)22-18/h5-8,10-12H,4,9H2,1-3H3,(H,23,24). The van der Waals surface area contributed by atoms with Crippen LogP contribution < -0.4 is 4.74 Å². The summed E-state index contributed by atoms with van der Waals surface area (Å²) >= 11 is 0. The highest BCUT2D eigenvalue weighted by Gasteiger charge is 2.16. The van der Waals surface area contributed by atoms with E-state index < -0.39 is 5.97 Å². The molecule has 1 aromatic heterocycles. The number of para-hydroxylation sites is 1. The number of aromatic carboxylic acids is 1. The Labute approximate surface area is 147 Å². The fourth-order valence-electron chi connectivity index (χ4n) is 3.01. The molecule has 1 heterocycles. The maximum atomic E-state index is 11.8. The van der Waals surface area contributed by atoms with E-state index in [-0.39, 0.29) is 5.56 Å². The van der Waals surface area contributed by atoms with E-state index in [2.05, 4.69) is 0 Å². The molecular weight excluding hydrogens is 314 g/mol. The Morgan fingerprint density at radius 3 is 2.64 bits per heavy atom. The van der Waals surface area contributed by atoms with E-state index in [0.29, 0.717) is 23.2 Å². The average molecular weight is 335 g/mol. The highest BCUT2D eigenvalue weighted by Crippen LogP contribution is 2.33. The van der Waals surface area contributed by atoms with Crippen molar-refractivity contribution in [2.45, 2.75) is 27.2 Å². The second-order valence-electron chi connectivity index (χ2n) is 6.18. The van der Waals surface area contributed by atoms with Crippen LogP contribution in [0.25, 0.3) is 22.2 Å². The van der Waals surface area contributed by atoms with Gasteiger partial charge in [0.1, 0.15) is 5.75 Å². The van der Waals surface area contributed by atoms with Crippen molar-refractivity contribution in [1.29, 1.82) is 0 Å². The fraction of sp³-hybridized carbons (Fsp3) is 0.238. The number of fused-ring (bicyclic) bond motifs is 1. The minimum atomic E-state index is -0.953. The van der Waals surface area contributed by atoms with Crippen LogP contribution in [0.2, 0.25) is 0 Å². The molecule has 3 rings (SSSR count). The van der Waals surface area contributed by atoms with Gasteiger partial charge < -0.3 is 9.84 Å². The topological polar surface area (TPSA) is 59.4 Å². The summed E-state index contributed by atoms with van der Waals surface area (Å²) in [5.41, 5.74) is 4.38. The van der Waals surface area contributed by atoms with Gasteiger partial charge in [0, 0.05) is 10.9 Å². The number of nitrogens with zero attached hydrogens (tertiary/aromatic N) is 1. The van der Waals surface area contributed by atoms with Gasteiger partial charge >= 0.3 is 5.97 Å². The van der Waals surface area contributed by atoms with Crippen molar-refractivity contribution in [3.8, 4) is 17.0 Å². The number of rotatable bonds is 5. The van der Waals surface area contributed by atoms with Crippen molar-refractivity contribution < 1.29 is 14.6 Å². The van der Waals surface area contributed by atoms with Gasteiger partial charge in [-0.25, -0.2) is 9.78 Å². The molecule has 0 aliphatic rings. The lowest BCUT2D eigenvalue weighted by atomic mass is 9.99. The summed E-state index contributed by atoms with van der Waals surface area (Å²) in [4.78, 5) is 16.6. The lowest BCUT2D eigenvalue weighted by molar-refractivity contribution is 0.0699. The number of hydrogen-bond donors (Lipinski definition) is 1. The number of carboxylic acid groups (broad SMARTS) is 1. The Bertz CT molecular complexity index is 947. The van der Waals surface area contributed by atoms with Crippen LogP contribution in [-0.2, 0) is 0 Å². The minimum Gasteiger partial charge on any atom is -0.493 e. The second-order valence-corrected chi connectivity index (χ2v) is 6.18. The van der Waals surface area contributed by atoms with Crippen molar-refractivity contribution in [3.05, 3.63) is 59.2 Å². The number of carboxylic acids is 1. The van der Waals surface area contributed by atoms with E-state index in [1.807, 2.05) is 57.2 Å². The molecule has 0 aliphatic heterocycles. The average Bonchev–Trinajstić information content (AvgIpc) is 2.59. The first kappa shape index (κ1) is 17.0. The molecule has 0 unspecified atom stereocenters. The minimum absolute atomic E-state index is 0.261. The first-order chi connectivity index (χ1) is 12.0. The van der Waals surface area contributed by atoms with Crippen LogP contribution >= 0.6 is 0 Å². The van der Waals surface area contributed by atoms with Gasteiger partial charge in [0.25, 0.3) is 0 Å². The van der Waals surface area contributed by atoms with Crippen LogP contribution in [0.1, 0.15) is 34.8 Å². The smallest absolute Gasteiger partial charge is 0.336 e. The van der Waals surface area contributed by atoms with Crippen molar-refractivity contribution in [2.24, 2.45) is 0 Å². The zero-order valence-electron chi connectivity index (χ0n) is 14.7.